The minimum Gasteiger partial charge on any atom is -0.259 e. The average molecular weight is 1030 g/mol. The van der Waals surface area contributed by atoms with Gasteiger partial charge in [0, 0.05) is 40.7 Å². The molecule has 4 aromatic heterocycles. The molecule has 24 heteroatoms. The standard InChI is InChI=1S/2C23H23F5N4O2S/c1-22(2,3)32-21(16-10-14(24)6-8-18(16)25)17(12-30-32)20(13-4-5-13)31-35(33,34)15-7-9-19(29-11-15)23(26,27)28;1-22(2,3)32-21(16-8-6-14(24)10-18(16)25)17(12-30-32)20(13-4-5-13)31-35(33,34)15-7-9-19(29-11-15)23(26,27)28/h2*6-13,20,31H,4-5H2,1-3H3. The third-order valence-corrected chi connectivity index (χ3v) is 14.2. The van der Waals surface area contributed by atoms with Crippen molar-refractivity contribution in [1.82, 2.24) is 39.0 Å². The number of rotatable bonds is 12. The Morgan fingerprint density at radius 2 is 0.929 bits per heavy atom. The Hall–Kier alpha value is -5.72. The van der Waals surface area contributed by atoms with Crippen LogP contribution in [0.25, 0.3) is 22.5 Å². The second kappa shape index (κ2) is 18.8. The molecule has 376 valence electrons. The normalized spacial score (nSPS) is 15.9. The molecule has 2 atom stereocenters. The lowest BCUT2D eigenvalue weighted by Gasteiger charge is -2.25. The first-order valence-corrected chi connectivity index (χ1v) is 24.5. The Kier molecular flexibility index (Phi) is 14.0. The number of nitrogens with zero attached hydrogens (tertiary/aromatic N) is 6. The molecule has 2 fully saturated rings. The van der Waals surface area contributed by atoms with Crippen molar-refractivity contribution in [2.75, 3.05) is 0 Å². The molecule has 0 bridgehead atoms. The van der Waals surface area contributed by atoms with E-state index in [2.05, 4.69) is 29.6 Å². The highest BCUT2D eigenvalue weighted by atomic mass is 32.2. The Morgan fingerprint density at radius 1 is 0.529 bits per heavy atom. The number of hydrogen-bond acceptors (Lipinski definition) is 8. The number of alkyl halides is 6. The Balaban J connectivity index is 0.000000206. The zero-order chi connectivity index (χ0) is 51.5. The van der Waals surface area contributed by atoms with E-state index < -0.39 is 100 Å². The molecule has 2 saturated carbocycles. The van der Waals surface area contributed by atoms with Crippen LogP contribution < -0.4 is 9.44 Å². The molecule has 2 aliphatic carbocycles. The SMILES string of the molecule is CC(C)(C)n1ncc(C(NS(=O)(=O)c2ccc(C(F)(F)F)nc2)C2CC2)c1-c1cc(F)ccc1F.CC(C)(C)n1ncc(C(NS(=O)(=O)c2ccc(C(F)(F)F)nc2)C2CC2)c1-c1ccc(F)cc1F. The maximum absolute atomic E-state index is 14.9. The summed E-state index contributed by atoms with van der Waals surface area (Å²) in [7, 11) is -8.59. The number of pyridine rings is 2. The van der Waals surface area contributed by atoms with Gasteiger partial charge < -0.3 is 0 Å². The van der Waals surface area contributed by atoms with E-state index in [0.29, 0.717) is 67.0 Å². The summed E-state index contributed by atoms with van der Waals surface area (Å²) in [6.07, 6.45) is -2.56. The summed E-state index contributed by atoms with van der Waals surface area (Å²) in [5.41, 5.74) is -2.49. The molecular weight excluding hydrogens is 983 g/mol. The van der Waals surface area contributed by atoms with Crippen molar-refractivity contribution in [3.63, 3.8) is 0 Å². The van der Waals surface area contributed by atoms with Crippen molar-refractivity contribution in [1.29, 1.82) is 0 Å². The van der Waals surface area contributed by atoms with E-state index in [1.807, 2.05) is 41.5 Å². The van der Waals surface area contributed by atoms with E-state index in [9.17, 15) is 60.7 Å². The number of halogens is 10. The van der Waals surface area contributed by atoms with Crippen molar-refractivity contribution in [2.24, 2.45) is 11.8 Å². The first kappa shape index (κ1) is 52.1. The van der Waals surface area contributed by atoms with Crippen LogP contribution in [0.2, 0.25) is 0 Å². The minimum absolute atomic E-state index is 0.0508. The molecule has 0 amide bonds. The van der Waals surface area contributed by atoms with Gasteiger partial charge in [-0.05, 0) is 134 Å². The molecule has 2 unspecified atom stereocenters. The number of sulfonamides is 2. The second-order valence-electron chi connectivity index (χ2n) is 18.9. The quantitative estimate of drug-likeness (QED) is 0.115. The summed E-state index contributed by atoms with van der Waals surface area (Å²) in [5, 5.41) is 8.75. The van der Waals surface area contributed by atoms with Crippen LogP contribution in [0, 0.1) is 35.1 Å². The van der Waals surface area contributed by atoms with E-state index in [-0.39, 0.29) is 28.7 Å². The van der Waals surface area contributed by atoms with Crippen molar-refractivity contribution in [3.8, 4) is 22.5 Å². The van der Waals surface area contributed by atoms with Crippen LogP contribution in [0.4, 0.5) is 43.9 Å². The molecule has 0 radical (unpaired) electrons. The fourth-order valence-corrected chi connectivity index (χ4v) is 10.1. The van der Waals surface area contributed by atoms with E-state index in [0.717, 1.165) is 42.5 Å². The maximum Gasteiger partial charge on any atom is 0.433 e. The largest absolute Gasteiger partial charge is 0.433 e. The number of benzene rings is 2. The minimum atomic E-state index is -4.71. The van der Waals surface area contributed by atoms with Gasteiger partial charge in [0.15, 0.2) is 0 Å². The molecule has 2 aromatic carbocycles. The van der Waals surface area contributed by atoms with E-state index in [1.54, 1.807) is 4.68 Å². The van der Waals surface area contributed by atoms with Gasteiger partial charge in [-0.1, -0.05) is 0 Å². The van der Waals surface area contributed by atoms with Gasteiger partial charge in [-0.2, -0.15) is 36.5 Å². The van der Waals surface area contributed by atoms with Crippen LogP contribution in [0.3, 0.4) is 0 Å². The van der Waals surface area contributed by atoms with Crippen LogP contribution in [-0.4, -0.2) is 46.4 Å². The van der Waals surface area contributed by atoms with Gasteiger partial charge in [0.1, 0.15) is 44.4 Å². The predicted molar refractivity (Wildman–Crippen MR) is 235 cm³/mol. The Bertz CT molecular complexity index is 3100. The molecule has 6 aromatic rings. The first-order valence-electron chi connectivity index (χ1n) is 21.6. The lowest BCUT2D eigenvalue weighted by atomic mass is 9.97. The van der Waals surface area contributed by atoms with Crippen molar-refractivity contribution in [3.05, 3.63) is 131 Å². The zero-order valence-electron chi connectivity index (χ0n) is 38.1. The second-order valence-corrected chi connectivity index (χ2v) is 22.4. The Labute approximate surface area is 396 Å². The first-order chi connectivity index (χ1) is 32.4. The highest BCUT2D eigenvalue weighted by molar-refractivity contribution is 7.89. The van der Waals surface area contributed by atoms with E-state index in [4.69, 9.17) is 0 Å². The molecule has 0 saturated heterocycles. The Morgan fingerprint density at radius 3 is 1.29 bits per heavy atom. The molecule has 4 heterocycles. The monoisotopic (exact) mass is 1030 g/mol. The highest BCUT2D eigenvalue weighted by Gasteiger charge is 2.42. The predicted octanol–water partition coefficient (Wildman–Crippen LogP) is 10.9. The molecular formula is C46H46F10N8O4S2. The highest BCUT2D eigenvalue weighted by Crippen LogP contribution is 2.47. The van der Waals surface area contributed by atoms with Gasteiger partial charge in [-0.3, -0.25) is 19.3 Å². The molecule has 12 nitrogen and oxygen atoms in total. The van der Waals surface area contributed by atoms with Gasteiger partial charge in [-0.25, -0.2) is 43.8 Å². The molecule has 2 N–H and O–H groups in total. The number of hydrogen-bond donors (Lipinski definition) is 2. The summed E-state index contributed by atoms with van der Waals surface area (Å²) in [5.74, 6) is -3.26. The van der Waals surface area contributed by atoms with Gasteiger partial charge in [-0.15, -0.1) is 0 Å². The molecule has 8 rings (SSSR count). The van der Waals surface area contributed by atoms with Crippen LogP contribution >= 0.6 is 0 Å². The third kappa shape index (κ3) is 11.6. The molecule has 0 aliphatic heterocycles. The summed E-state index contributed by atoms with van der Waals surface area (Å²) in [6.45, 7) is 10.9. The third-order valence-electron chi connectivity index (χ3n) is 11.3. The molecule has 70 heavy (non-hydrogen) atoms. The van der Waals surface area contributed by atoms with Crippen LogP contribution in [-0.2, 0) is 43.5 Å². The number of aromatic nitrogens is 6. The zero-order valence-corrected chi connectivity index (χ0v) is 39.8. The van der Waals surface area contributed by atoms with Crippen molar-refractivity contribution in [2.45, 2.75) is 113 Å². The van der Waals surface area contributed by atoms with Crippen LogP contribution in [0.1, 0.15) is 102 Å². The summed E-state index contributed by atoms with van der Waals surface area (Å²) in [6, 6.07) is 7.25. The maximum atomic E-state index is 14.9. The van der Waals surface area contributed by atoms with Crippen molar-refractivity contribution >= 4 is 20.0 Å². The number of nitrogens with one attached hydrogen (secondary N) is 2. The lowest BCUT2D eigenvalue weighted by molar-refractivity contribution is -0.142. The lowest BCUT2D eigenvalue weighted by Crippen LogP contribution is -2.31. The summed E-state index contributed by atoms with van der Waals surface area (Å²) >= 11 is 0. The van der Waals surface area contributed by atoms with Gasteiger partial charge in [0.25, 0.3) is 0 Å². The topological polar surface area (TPSA) is 154 Å². The summed E-state index contributed by atoms with van der Waals surface area (Å²) in [4.78, 5) is 5.58. The van der Waals surface area contributed by atoms with Crippen LogP contribution in [0.5, 0.6) is 0 Å². The smallest absolute Gasteiger partial charge is 0.259 e. The van der Waals surface area contributed by atoms with Gasteiger partial charge in [0.2, 0.25) is 20.0 Å². The van der Waals surface area contributed by atoms with Gasteiger partial charge in [0.05, 0.1) is 46.9 Å². The van der Waals surface area contributed by atoms with Gasteiger partial charge >= 0.3 is 12.4 Å². The van der Waals surface area contributed by atoms with E-state index in [1.165, 1.54) is 23.1 Å². The fraction of sp³-hybridized carbons (Fsp3) is 0.391. The van der Waals surface area contributed by atoms with Crippen LogP contribution in [0.15, 0.2) is 95.2 Å². The summed E-state index contributed by atoms with van der Waals surface area (Å²) < 4.78 is 195. The van der Waals surface area contributed by atoms with E-state index >= 15 is 0 Å². The molecule has 0 spiro atoms. The van der Waals surface area contributed by atoms with Crippen molar-refractivity contribution < 1.29 is 60.7 Å². The average Bonchev–Trinajstić information content (AvgIpc) is 4.19. The fourth-order valence-electron chi connectivity index (χ4n) is 7.66. The molecule has 2 aliphatic rings.